The normalized spacial score (nSPS) is 26.1. The van der Waals surface area contributed by atoms with Gasteiger partial charge in [-0.05, 0) is 69.3 Å². The van der Waals surface area contributed by atoms with Crippen molar-refractivity contribution >= 4 is 133 Å². The van der Waals surface area contributed by atoms with E-state index in [0.29, 0.717) is 16.5 Å². The third kappa shape index (κ3) is 23.0. The van der Waals surface area contributed by atoms with Gasteiger partial charge < -0.3 is 108 Å². The number of carboxylic acid groups (broad SMARTS) is 1. The maximum absolute atomic E-state index is 14.7. The number of aromatic nitrogens is 1. The number of aliphatic hydroxyl groups is 1. The minimum absolute atomic E-state index is 0.00979. The molecular weight excluding hydrogens is 1250 g/mol. The molecule has 2 aromatic rings. The van der Waals surface area contributed by atoms with Crippen LogP contribution in [0.4, 0.5) is 0 Å². The van der Waals surface area contributed by atoms with Gasteiger partial charge >= 0.3 is 5.97 Å². The first-order chi connectivity index (χ1) is 43.3. The molecule has 5 rings (SSSR count). The number of guanidine groups is 2. The molecule has 1 aromatic heterocycles. The van der Waals surface area contributed by atoms with E-state index in [0.717, 1.165) is 38.2 Å². The zero-order valence-electron chi connectivity index (χ0n) is 49.7. The van der Waals surface area contributed by atoms with Gasteiger partial charge in [-0.15, -0.1) is 0 Å². The lowest BCUT2D eigenvalue weighted by atomic mass is 10.0. The van der Waals surface area contributed by atoms with Crippen LogP contribution >= 0.6 is 33.3 Å². The van der Waals surface area contributed by atoms with Gasteiger partial charge in [0.2, 0.25) is 70.9 Å². The molecule has 3 fully saturated rings. The lowest BCUT2D eigenvalue weighted by Gasteiger charge is -2.30. The number of para-hydroxylation sites is 1. The molecule has 12 amide bonds. The lowest BCUT2D eigenvalue weighted by molar-refractivity contribution is -0.146. The summed E-state index contributed by atoms with van der Waals surface area (Å²) in [7, 11) is 1.70. The molecule has 38 heteroatoms. The average molecular weight is 1330 g/mol. The fraction of sp³-hybridized carbons (Fsp3) is 0.566. The standard InChI is InChI=1S/C53H80N20O15S3/c1-25-42(79)67-32(17-26-20-62-28-8-3-2-7-27(26)28)46(83)65-29(9-4-13-60-52(56)57)43(80)70-35(41(55)78)23-90-91-24-37-49(86)69-34(21-74)47(84)68-33(18-40(76)77)51(88)73-15-6-11-38(73)50(87)66-30(10-5-14-61-53(58)59)44(81)71-36(48(85)63-25)22-89-16-12-31(45(82)72-37)64-39(75)19-54/h2-3,7-8,20,25,29-38,62,74H,4-6,9-19,21-24,54H2,1H3,(H2,55,78)(H,63,85)(H,64,75)(H,65,83)(H,66,87)(H,67,79)(H,68,84)(H,69,86)(H,70,80)(H,71,81)(H,72,82)(H,76,77)(H4,56,57,60)(H4,58,59,61)/t25-,29-,30-,31-,32-,33-,34-,35-,36-,37-,38-/m0/s1. The number of aliphatic imine (C=N–C) groups is 2. The second-order valence-corrected chi connectivity index (χ2v) is 25.0. The second-order valence-electron chi connectivity index (χ2n) is 21.3. The fourth-order valence-corrected chi connectivity index (χ4v) is 13.0. The number of amides is 12. The summed E-state index contributed by atoms with van der Waals surface area (Å²) < 4.78 is 0. The molecule has 0 aliphatic carbocycles. The van der Waals surface area contributed by atoms with E-state index in [2.05, 4.69) is 68.1 Å². The number of nitrogens with zero attached hydrogens (tertiary/aromatic N) is 3. The number of nitrogens with two attached hydrogens (primary N) is 6. The smallest absolute Gasteiger partial charge is 0.305 e. The number of aliphatic hydroxyl groups excluding tert-OH is 1. The number of aliphatic carboxylic acids is 1. The first-order valence-electron chi connectivity index (χ1n) is 28.9. The summed E-state index contributed by atoms with van der Waals surface area (Å²) in [4.78, 5) is 194. The van der Waals surface area contributed by atoms with E-state index >= 15 is 0 Å². The molecule has 2 bridgehead atoms. The molecule has 0 saturated carbocycles. The zero-order chi connectivity index (χ0) is 66.9. The van der Waals surface area contributed by atoms with Gasteiger partial charge in [0.15, 0.2) is 11.9 Å². The van der Waals surface area contributed by atoms with Crippen LogP contribution in [-0.2, 0) is 68.7 Å². The van der Waals surface area contributed by atoms with Gasteiger partial charge in [-0.2, -0.15) is 11.8 Å². The molecule has 3 saturated heterocycles. The number of nitrogens with one attached hydrogen (secondary N) is 11. The van der Waals surface area contributed by atoms with Gasteiger partial charge in [0.05, 0.1) is 19.6 Å². The quantitative estimate of drug-likeness (QED) is 0.0321. The first kappa shape index (κ1) is 73.1. The highest BCUT2D eigenvalue weighted by atomic mass is 33.1. The van der Waals surface area contributed by atoms with Crippen molar-refractivity contribution in [3.63, 3.8) is 0 Å². The Morgan fingerprint density at radius 2 is 1.21 bits per heavy atom. The Hall–Kier alpha value is -8.62. The number of aromatic amines is 1. The average Bonchev–Trinajstić information content (AvgIpc) is 1.86. The number of carbonyl (C=O) groups excluding carboxylic acids is 12. The topological polar surface area (TPSA) is 583 Å². The van der Waals surface area contributed by atoms with Crippen molar-refractivity contribution in [2.75, 3.05) is 55.8 Å². The van der Waals surface area contributed by atoms with Crippen LogP contribution in [0.15, 0.2) is 40.4 Å². The maximum Gasteiger partial charge on any atom is 0.305 e. The van der Waals surface area contributed by atoms with Gasteiger partial charge in [-0.25, -0.2) is 0 Å². The molecule has 35 nitrogen and oxygen atoms in total. The highest BCUT2D eigenvalue weighted by molar-refractivity contribution is 8.76. The van der Waals surface area contributed by atoms with E-state index in [4.69, 9.17) is 34.4 Å². The molecule has 3 aliphatic rings. The Morgan fingerprint density at radius 1 is 0.648 bits per heavy atom. The van der Waals surface area contributed by atoms with E-state index in [1.165, 1.54) is 6.92 Å². The third-order valence-electron chi connectivity index (χ3n) is 14.4. The fourth-order valence-electron chi connectivity index (χ4n) is 9.64. The summed E-state index contributed by atoms with van der Waals surface area (Å²) in [5.41, 5.74) is 34.8. The third-order valence-corrected chi connectivity index (χ3v) is 18.0. The number of hydrogen-bond donors (Lipinski definition) is 19. The van der Waals surface area contributed by atoms with Gasteiger partial charge in [0.1, 0.15) is 66.5 Å². The second kappa shape index (κ2) is 36.3. The van der Waals surface area contributed by atoms with Crippen LogP contribution in [0.3, 0.4) is 0 Å². The maximum atomic E-state index is 14.7. The predicted octanol–water partition coefficient (Wildman–Crippen LogP) is -7.88. The van der Waals surface area contributed by atoms with E-state index in [-0.39, 0.29) is 100 Å². The summed E-state index contributed by atoms with van der Waals surface area (Å²) >= 11 is 0.969. The number of carbonyl (C=O) groups is 13. The number of thioether (sulfide) groups is 1. The van der Waals surface area contributed by atoms with Crippen molar-refractivity contribution in [3.8, 4) is 0 Å². The lowest BCUT2D eigenvalue weighted by Crippen LogP contribution is -2.61. The Labute approximate surface area is 533 Å². The molecule has 0 unspecified atom stereocenters. The van der Waals surface area contributed by atoms with Gasteiger partial charge in [-0.1, -0.05) is 39.8 Å². The number of primary amides is 1. The number of hydrogen-bond acceptors (Lipinski definition) is 20. The van der Waals surface area contributed by atoms with Crippen LogP contribution in [0, 0.1) is 0 Å². The number of rotatable bonds is 16. The summed E-state index contributed by atoms with van der Waals surface area (Å²) in [6.45, 7) is -0.699. The molecule has 500 valence electrons. The minimum atomic E-state index is -1.94. The molecule has 11 atom stereocenters. The van der Waals surface area contributed by atoms with Crippen LogP contribution in [0.2, 0.25) is 0 Å². The molecule has 25 N–H and O–H groups in total. The van der Waals surface area contributed by atoms with E-state index in [9.17, 15) is 72.5 Å². The van der Waals surface area contributed by atoms with E-state index in [1.54, 1.807) is 30.5 Å². The molecule has 0 spiro atoms. The van der Waals surface area contributed by atoms with Crippen molar-refractivity contribution in [1.29, 1.82) is 0 Å². The van der Waals surface area contributed by atoms with Crippen LogP contribution in [0.5, 0.6) is 0 Å². The van der Waals surface area contributed by atoms with Crippen molar-refractivity contribution < 1.29 is 72.5 Å². The van der Waals surface area contributed by atoms with Crippen LogP contribution in [0.1, 0.15) is 63.9 Å². The van der Waals surface area contributed by atoms with Crippen molar-refractivity contribution in [1.82, 2.24) is 63.1 Å². The highest BCUT2D eigenvalue weighted by Gasteiger charge is 2.42. The summed E-state index contributed by atoms with van der Waals surface area (Å²) in [6, 6.07) is -10.4. The molecule has 0 radical (unpaired) electrons. The summed E-state index contributed by atoms with van der Waals surface area (Å²) in [6.07, 6.45) is 0.0693. The van der Waals surface area contributed by atoms with Gasteiger partial charge in [0.25, 0.3) is 0 Å². The van der Waals surface area contributed by atoms with Crippen LogP contribution in [0.25, 0.3) is 10.9 Å². The Bertz CT molecular complexity index is 3040. The highest BCUT2D eigenvalue weighted by Crippen LogP contribution is 2.25. The number of fused-ring (bicyclic) bond motifs is 10. The van der Waals surface area contributed by atoms with E-state index < -0.39 is 169 Å². The van der Waals surface area contributed by atoms with Crippen LogP contribution < -0.4 is 87.6 Å². The Kier molecular flexibility index (Phi) is 29.2. The van der Waals surface area contributed by atoms with Crippen molar-refractivity contribution in [2.45, 2.75) is 131 Å². The van der Waals surface area contributed by atoms with Crippen molar-refractivity contribution in [2.24, 2.45) is 44.4 Å². The van der Waals surface area contributed by atoms with E-state index in [1.807, 2.05) is 0 Å². The number of H-pyrrole nitrogens is 1. The Balaban J connectivity index is 1.66. The monoisotopic (exact) mass is 1330 g/mol. The Morgan fingerprint density at radius 3 is 1.85 bits per heavy atom. The molecule has 4 heterocycles. The number of benzene rings is 1. The molecular formula is C53H80N20O15S3. The minimum Gasteiger partial charge on any atom is -0.481 e. The molecule has 1 aromatic carbocycles. The predicted molar refractivity (Wildman–Crippen MR) is 336 cm³/mol. The van der Waals surface area contributed by atoms with Crippen molar-refractivity contribution in [3.05, 3.63) is 36.0 Å². The van der Waals surface area contributed by atoms with Crippen LogP contribution in [-0.4, -0.2) is 231 Å². The first-order valence-corrected chi connectivity index (χ1v) is 32.6. The summed E-state index contributed by atoms with van der Waals surface area (Å²) in [5, 5.41) is 46.3. The number of carboxylic acids is 1. The molecule has 91 heavy (non-hydrogen) atoms. The summed E-state index contributed by atoms with van der Waals surface area (Å²) in [5.74, 6) is -15.3. The van der Waals surface area contributed by atoms with Gasteiger partial charge in [-0.3, -0.25) is 72.3 Å². The zero-order valence-corrected chi connectivity index (χ0v) is 52.1. The molecule has 3 aliphatic heterocycles. The SMILES string of the molecule is C[C@@H]1NC(=O)[C@@H]2CSCC[C@H](NC(=O)CN)C(=O)N[C@@H](CSSC[C@@H](C(N)=O)NC(=O)[C@H](CCCN=C(N)N)NC(=O)[C@H](Cc3c[nH]c4ccccc34)NC1=O)C(=O)N[C@@H](CO)C(=O)N[C@@H](CC(=O)O)C(=O)N1CCC[C@H]1C(=O)N[C@@H](CCCN=C(N)N)C(=O)N2. The largest absolute Gasteiger partial charge is 0.481 e. The van der Waals surface area contributed by atoms with Gasteiger partial charge in [0, 0.05) is 60.4 Å².